The first-order chi connectivity index (χ1) is 17.2. The van der Waals surface area contributed by atoms with E-state index in [1.165, 1.54) is 0 Å². The minimum Gasteiger partial charge on any atom is -0.467 e. The van der Waals surface area contributed by atoms with Crippen molar-refractivity contribution >= 4 is 33.7 Å². The minimum absolute atomic E-state index is 0.225. The number of esters is 1. The number of nitrogens with zero attached hydrogens (tertiary/aromatic N) is 4. The van der Waals surface area contributed by atoms with Gasteiger partial charge in [-0.25, -0.2) is 9.97 Å². The summed E-state index contributed by atoms with van der Waals surface area (Å²) in [6.07, 6.45) is 11.0. The molecule has 0 saturated carbocycles. The van der Waals surface area contributed by atoms with Crippen molar-refractivity contribution in [2.24, 2.45) is 0 Å². The van der Waals surface area contributed by atoms with Gasteiger partial charge in [-0.1, -0.05) is 51.7 Å². The molecule has 0 amide bonds. The lowest BCUT2D eigenvalue weighted by Crippen LogP contribution is -2.08. The Balaban J connectivity index is 1.69. The second-order valence-electron chi connectivity index (χ2n) is 9.08. The molecule has 0 atom stereocenters. The molecule has 0 bridgehead atoms. The first-order valence-corrected chi connectivity index (χ1v) is 12.7. The molecule has 5 aromatic rings. The fraction of sp³-hybridized carbons (Fsp3) is 0.393. The van der Waals surface area contributed by atoms with Gasteiger partial charge in [0.2, 0.25) is 0 Å². The molecule has 0 aliphatic carbocycles. The van der Waals surface area contributed by atoms with Crippen LogP contribution in [-0.4, -0.2) is 24.9 Å². The number of aryl methyl sites for hydroxylation is 1. The fourth-order valence-corrected chi connectivity index (χ4v) is 4.64. The highest BCUT2D eigenvalue weighted by atomic mass is 16.5. The van der Waals surface area contributed by atoms with Gasteiger partial charge in [0.25, 0.3) is 0 Å². The molecule has 182 valence electrons. The average molecular weight is 473 g/mol. The van der Waals surface area contributed by atoms with Gasteiger partial charge >= 0.3 is 5.97 Å². The molecule has 0 radical (unpaired) electrons. The van der Waals surface area contributed by atoms with Crippen molar-refractivity contribution < 1.29 is 13.9 Å². The van der Waals surface area contributed by atoms with E-state index in [9.17, 15) is 4.79 Å². The van der Waals surface area contributed by atoms with E-state index >= 15 is 0 Å². The number of rotatable bonds is 11. The Kier molecular flexibility index (Phi) is 6.84. The van der Waals surface area contributed by atoms with Gasteiger partial charge in [-0.15, -0.1) is 0 Å². The van der Waals surface area contributed by atoms with E-state index in [4.69, 9.17) is 19.1 Å². The third-order valence-corrected chi connectivity index (χ3v) is 6.41. The Morgan fingerprint density at radius 1 is 0.971 bits per heavy atom. The third kappa shape index (κ3) is 4.67. The molecule has 4 aromatic heterocycles. The van der Waals surface area contributed by atoms with Crippen LogP contribution in [0.25, 0.3) is 27.7 Å². The average Bonchev–Trinajstić information content (AvgIpc) is 3.58. The first-order valence-electron chi connectivity index (χ1n) is 12.7. The molecule has 7 heteroatoms. The molecule has 35 heavy (non-hydrogen) atoms. The van der Waals surface area contributed by atoms with E-state index in [1.807, 2.05) is 41.1 Å². The van der Waals surface area contributed by atoms with Crippen molar-refractivity contribution in [2.75, 3.05) is 0 Å². The van der Waals surface area contributed by atoms with Crippen molar-refractivity contribution in [3.63, 3.8) is 0 Å². The normalized spacial score (nSPS) is 11.7. The molecule has 0 spiro atoms. The van der Waals surface area contributed by atoms with Crippen LogP contribution in [0.5, 0.6) is 5.75 Å². The van der Waals surface area contributed by atoms with Gasteiger partial charge in [-0.05, 0) is 37.1 Å². The lowest BCUT2D eigenvalue weighted by molar-refractivity contribution is -0.134. The van der Waals surface area contributed by atoms with Crippen LogP contribution in [0.4, 0.5) is 0 Å². The number of unbranched alkanes of at least 4 members (excludes halogenated alkanes) is 4. The fourth-order valence-electron chi connectivity index (χ4n) is 4.64. The van der Waals surface area contributed by atoms with E-state index in [1.54, 1.807) is 6.26 Å². The van der Waals surface area contributed by atoms with Crippen LogP contribution in [0.1, 0.15) is 70.4 Å². The molecule has 0 aliphatic heterocycles. The van der Waals surface area contributed by atoms with E-state index < -0.39 is 0 Å². The van der Waals surface area contributed by atoms with Crippen LogP contribution in [0.3, 0.4) is 0 Å². The van der Waals surface area contributed by atoms with Gasteiger partial charge in [-0.3, -0.25) is 9.20 Å². The van der Waals surface area contributed by atoms with Crippen LogP contribution >= 0.6 is 0 Å². The number of aromatic nitrogens is 4. The summed E-state index contributed by atoms with van der Waals surface area (Å²) >= 11 is 0. The zero-order valence-electron chi connectivity index (χ0n) is 20.5. The number of hydrogen-bond acceptors (Lipinski definition) is 5. The van der Waals surface area contributed by atoms with E-state index in [0.717, 1.165) is 84.2 Å². The van der Waals surface area contributed by atoms with Gasteiger partial charge in [-0.2, -0.15) is 0 Å². The number of furan rings is 1. The first kappa shape index (κ1) is 23.1. The summed E-state index contributed by atoms with van der Waals surface area (Å²) in [5.74, 6) is 2.05. The molecular formula is C28H32N4O3. The van der Waals surface area contributed by atoms with Crippen LogP contribution in [0.15, 0.2) is 53.3 Å². The molecule has 7 nitrogen and oxygen atoms in total. The summed E-state index contributed by atoms with van der Waals surface area (Å²) in [7, 11) is 0. The Morgan fingerprint density at radius 3 is 2.60 bits per heavy atom. The molecular weight excluding hydrogens is 440 g/mol. The highest BCUT2D eigenvalue weighted by molar-refractivity contribution is 6.01. The third-order valence-electron chi connectivity index (χ3n) is 6.41. The molecule has 4 heterocycles. The summed E-state index contributed by atoms with van der Waals surface area (Å²) in [4.78, 5) is 22.8. The molecule has 0 fully saturated rings. The topological polar surface area (TPSA) is 74.6 Å². The van der Waals surface area contributed by atoms with Gasteiger partial charge in [0.05, 0.1) is 23.8 Å². The molecule has 0 aliphatic rings. The smallest absolute Gasteiger partial charge is 0.311 e. The maximum absolute atomic E-state index is 12.7. The number of carbonyl (C=O) groups is 1. The number of imidazole rings is 1. The second kappa shape index (κ2) is 10.3. The SMILES string of the molecule is CCCCCC(=O)Oc1cn(Cc2ccco2)c2nc(CCCCC)n3c4ccccc4nc3c12. The van der Waals surface area contributed by atoms with E-state index in [2.05, 4.69) is 24.3 Å². The molecule has 0 unspecified atom stereocenters. The number of hydrogen-bond donors (Lipinski definition) is 0. The van der Waals surface area contributed by atoms with Gasteiger partial charge < -0.3 is 13.7 Å². The van der Waals surface area contributed by atoms with Gasteiger partial charge in [0.15, 0.2) is 11.4 Å². The Morgan fingerprint density at radius 2 is 1.80 bits per heavy atom. The Bertz CT molecular complexity index is 1450. The standard InChI is InChI=1S/C28H32N4O3/c1-3-5-7-15-24-30-27-26(28-29-21-13-9-10-14-22(21)32(24)28)23(35-25(33)16-8-6-4-2)19-31(27)18-20-12-11-17-34-20/h9-14,17,19H,3-8,15-16,18H2,1-2H3. The zero-order chi connectivity index (χ0) is 24.2. The van der Waals surface area contributed by atoms with Crippen molar-refractivity contribution in [3.8, 4) is 5.75 Å². The maximum atomic E-state index is 12.7. The summed E-state index contributed by atoms with van der Waals surface area (Å²) in [5, 5.41) is 0.760. The molecule has 0 saturated heterocycles. The predicted molar refractivity (Wildman–Crippen MR) is 137 cm³/mol. The maximum Gasteiger partial charge on any atom is 0.311 e. The Labute approximate surface area is 204 Å². The number of para-hydroxylation sites is 2. The van der Waals surface area contributed by atoms with Crippen LogP contribution in [0.2, 0.25) is 0 Å². The van der Waals surface area contributed by atoms with Gasteiger partial charge in [0.1, 0.15) is 22.6 Å². The lowest BCUT2D eigenvalue weighted by Gasteiger charge is -2.09. The van der Waals surface area contributed by atoms with Crippen molar-refractivity contribution in [3.05, 3.63) is 60.4 Å². The minimum atomic E-state index is -0.225. The largest absolute Gasteiger partial charge is 0.467 e. The van der Waals surface area contributed by atoms with Crippen LogP contribution in [0, 0.1) is 0 Å². The van der Waals surface area contributed by atoms with E-state index in [-0.39, 0.29) is 5.97 Å². The molecule has 1 aromatic carbocycles. The molecule has 0 N–H and O–H groups in total. The van der Waals surface area contributed by atoms with E-state index in [0.29, 0.717) is 18.7 Å². The highest BCUT2D eigenvalue weighted by Gasteiger charge is 2.22. The lowest BCUT2D eigenvalue weighted by atomic mass is 10.2. The monoisotopic (exact) mass is 472 g/mol. The summed E-state index contributed by atoms with van der Waals surface area (Å²) in [6, 6.07) is 11.9. The van der Waals surface area contributed by atoms with Crippen molar-refractivity contribution in [1.29, 1.82) is 0 Å². The van der Waals surface area contributed by atoms with Crippen molar-refractivity contribution in [1.82, 2.24) is 18.9 Å². The number of carbonyl (C=O) groups excluding carboxylic acids is 1. The Hall–Kier alpha value is -3.61. The quantitative estimate of drug-likeness (QED) is 0.158. The number of fused-ring (bicyclic) bond motifs is 5. The summed E-state index contributed by atoms with van der Waals surface area (Å²) < 4.78 is 15.7. The highest BCUT2D eigenvalue weighted by Crippen LogP contribution is 2.34. The second-order valence-corrected chi connectivity index (χ2v) is 9.08. The van der Waals surface area contributed by atoms with Crippen LogP contribution < -0.4 is 4.74 Å². The summed E-state index contributed by atoms with van der Waals surface area (Å²) in [6.45, 7) is 4.82. The van der Waals surface area contributed by atoms with Crippen molar-refractivity contribution in [2.45, 2.75) is 71.8 Å². The zero-order valence-corrected chi connectivity index (χ0v) is 20.5. The predicted octanol–water partition coefficient (Wildman–Crippen LogP) is 6.70. The molecule has 5 rings (SSSR count). The number of benzene rings is 1. The van der Waals surface area contributed by atoms with Crippen LogP contribution in [-0.2, 0) is 17.8 Å². The van der Waals surface area contributed by atoms with Gasteiger partial charge in [0, 0.05) is 19.0 Å². The summed E-state index contributed by atoms with van der Waals surface area (Å²) in [5.41, 5.74) is 3.45. The number of ether oxygens (including phenoxy) is 1.